The van der Waals surface area contributed by atoms with E-state index in [0.29, 0.717) is 6.04 Å². The number of amides is 1. The number of nitrogens with zero attached hydrogens (tertiary/aromatic N) is 3. The fourth-order valence-corrected chi connectivity index (χ4v) is 2.76. The number of carbonyl (C=O) groups is 1. The van der Waals surface area contributed by atoms with Gasteiger partial charge in [-0.25, -0.2) is 4.98 Å². The van der Waals surface area contributed by atoms with Gasteiger partial charge in [-0.2, -0.15) is 0 Å². The number of piperazine rings is 1. The number of anilines is 1. The van der Waals surface area contributed by atoms with Crippen molar-refractivity contribution < 1.29 is 4.79 Å². The maximum atomic E-state index is 12.0. The first kappa shape index (κ1) is 16.7. The van der Waals surface area contributed by atoms with Gasteiger partial charge in [0.05, 0.1) is 6.04 Å². The van der Waals surface area contributed by atoms with Crippen LogP contribution in [-0.4, -0.2) is 48.0 Å². The second-order valence-electron chi connectivity index (χ2n) is 6.30. The van der Waals surface area contributed by atoms with Crippen LogP contribution in [0.4, 0.5) is 5.82 Å². The van der Waals surface area contributed by atoms with Crippen LogP contribution in [-0.2, 0) is 11.3 Å². The van der Waals surface area contributed by atoms with E-state index in [-0.39, 0.29) is 11.9 Å². The van der Waals surface area contributed by atoms with Gasteiger partial charge in [0.1, 0.15) is 5.82 Å². The molecule has 1 aliphatic heterocycles. The highest BCUT2D eigenvalue weighted by molar-refractivity contribution is 5.82. The Morgan fingerprint density at radius 1 is 1.45 bits per heavy atom. The summed E-state index contributed by atoms with van der Waals surface area (Å²) in [5, 5.41) is 2.97. The second kappa shape index (κ2) is 7.58. The van der Waals surface area contributed by atoms with Gasteiger partial charge in [-0.15, -0.1) is 0 Å². The van der Waals surface area contributed by atoms with Gasteiger partial charge in [0.25, 0.3) is 0 Å². The Morgan fingerprint density at radius 2 is 2.23 bits per heavy atom. The van der Waals surface area contributed by atoms with Gasteiger partial charge < -0.3 is 10.2 Å². The minimum absolute atomic E-state index is 0.00300. The summed E-state index contributed by atoms with van der Waals surface area (Å²) in [6.07, 6.45) is 3.86. The summed E-state index contributed by atoms with van der Waals surface area (Å²) >= 11 is 0. The van der Waals surface area contributed by atoms with Gasteiger partial charge in [-0.1, -0.05) is 19.4 Å². The van der Waals surface area contributed by atoms with Crippen molar-refractivity contribution in [1.29, 1.82) is 0 Å². The van der Waals surface area contributed by atoms with E-state index >= 15 is 0 Å². The molecule has 1 saturated heterocycles. The molecule has 0 saturated carbocycles. The minimum Gasteiger partial charge on any atom is -0.357 e. The minimum atomic E-state index is -0.00300. The van der Waals surface area contributed by atoms with Crippen molar-refractivity contribution in [3.05, 3.63) is 23.9 Å². The van der Waals surface area contributed by atoms with E-state index in [1.165, 1.54) is 0 Å². The fraction of sp³-hybridized carbons (Fsp3) is 0.647. The van der Waals surface area contributed by atoms with Crippen molar-refractivity contribution in [3.8, 4) is 0 Å². The SMILES string of the molecule is CCCC1C(=O)NCCN1Cc1ccc(N(C)C(C)C)nc1. The Labute approximate surface area is 133 Å². The number of rotatable bonds is 6. The molecule has 122 valence electrons. The molecule has 0 spiro atoms. The third-order valence-corrected chi connectivity index (χ3v) is 4.33. The molecule has 2 rings (SSSR count). The lowest BCUT2D eigenvalue weighted by Crippen LogP contribution is -2.54. The Bertz CT molecular complexity index is 486. The van der Waals surface area contributed by atoms with Crippen LogP contribution in [0.25, 0.3) is 0 Å². The summed E-state index contributed by atoms with van der Waals surface area (Å²) in [7, 11) is 2.05. The Kier molecular flexibility index (Phi) is 5.77. The molecule has 2 heterocycles. The summed E-state index contributed by atoms with van der Waals surface area (Å²) in [6.45, 7) is 8.86. The summed E-state index contributed by atoms with van der Waals surface area (Å²) in [5.74, 6) is 1.15. The van der Waals surface area contributed by atoms with Crippen LogP contribution >= 0.6 is 0 Å². The van der Waals surface area contributed by atoms with Crippen LogP contribution in [0.3, 0.4) is 0 Å². The number of carbonyl (C=O) groups excluding carboxylic acids is 1. The van der Waals surface area contributed by atoms with Crippen molar-refractivity contribution >= 4 is 11.7 Å². The second-order valence-corrected chi connectivity index (χ2v) is 6.30. The predicted molar refractivity (Wildman–Crippen MR) is 89.9 cm³/mol. The highest BCUT2D eigenvalue weighted by Crippen LogP contribution is 2.17. The van der Waals surface area contributed by atoms with E-state index in [9.17, 15) is 4.79 Å². The first-order chi connectivity index (χ1) is 10.5. The van der Waals surface area contributed by atoms with E-state index in [0.717, 1.165) is 43.9 Å². The van der Waals surface area contributed by atoms with Crippen molar-refractivity contribution in [2.24, 2.45) is 0 Å². The number of aromatic nitrogens is 1. The van der Waals surface area contributed by atoms with E-state index in [2.05, 4.69) is 60.1 Å². The molecule has 5 heteroatoms. The number of hydrogen-bond donors (Lipinski definition) is 1. The molecule has 22 heavy (non-hydrogen) atoms. The molecule has 1 aromatic rings. The van der Waals surface area contributed by atoms with E-state index in [4.69, 9.17) is 0 Å². The smallest absolute Gasteiger partial charge is 0.237 e. The quantitative estimate of drug-likeness (QED) is 0.873. The van der Waals surface area contributed by atoms with Crippen molar-refractivity contribution in [1.82, 2.24) is 15.2 Å². The molecule has 0 aromatic carbocycles. The van der Waals surface area contributed by atoms with Crippen LogP contribution in [0, 0.1) is 0 Å². The van der Waals surface area contributed by atoms with Gasteiger partial charge in [-0.05, 0) is 31.9 Å². The first-order valence-corrected chi connectivity index (χ1v) is 8.22. The molecule has 0 aliphatic carbocycles. The summed E-state index contributed by atoms with van der Waals surface area (Å²) < 4.78 is 0. The van der Waals surface area contributed by atoms with Gasteiger partial charge in [-0.3, -0.25) is 9.69 Å². The Hall–Kier alpha value is -1.62. The van der Waals surface area contributed by atoms with Gasteiger partial charge in [0.15, 0.2) is 0 Å². The third kappa shape index (κ3) is 3.97. The maximum Gasteiger partial charge on any atom is 0.237 e. The van der Waals surface area contributed by atoms with Crippen LogP contribution in [0.5, 0.6) is 0 Å². The Balaban J connectivity index is 2.04. The normalized spacial score (nSPS) is 19.3. The molecule has 0 bridgehead atoms. The lowest BCUT2D eigenvalue weighted by molar-refractivity contribution is -0.129. The first-order valence-electron chi connectivity index (χ1n) is 8.22. The molecule has 5 nitrogen and oxygen atoms in total. The number of hydrogen-bond acceptors (Lipinski definition) is 4. The predicted octanol–water partition coefficient (Wildman–Crippen LogP) is 2.03. The van der Waals surface area contributed by atoms with Crippen molar-refractivity contribution in [2.75, 3.05) is 25.0 Å². The van der Waals surface area contributed by atoms with Crippen LogP contribution in [0.2, 0.25) is 0 Å². The molecule has 1 unspecified atom stereocenters. The third-order valence-electron chi connectivity index (χ3n) is 4.33. The monoisotopic (exact) mass is 304 g/mol. The van der Waals surface area contributed by atoms with Crippen molar-refractivity contribution in [2.45, 2.75) is 52.2 Å². The van der Waals surface area contributed by atoms with Crippen molar-refractivity contribution in [3.63, 3.8) is 0 Å². The molecule has 1 atom stereocenters. The highest BCUT2D eigenvalue weighted by Gasteiger charge is 2.28. The molecule has 1 aliphatic rings. The van der Waals surface area contributed by atoms with E-state index in [1.807, 2.05) is 6.20 Å². The van der Waals surface area contributed by atoms with Gasteiger partial charge in [0, 0.05) is 38.9 Å². The number of nitrogens with one attached hydrogen (secondary N) is 1. The average Bonchev–Trinajstić information content (AvgIpc) is 2.51. The summed E-state index contributed by atoms with van der Waals surface area (Å²) in [6, 6.07) is 4.61. The van der Waals surface area contributed by atoms with Crippen LogP contribution in [0.15, 0.2) is 18.3 Å². The largest absolute Gasteiger partial charge is 0.357 e. The molecule has 1 N–H and O–H groups in total. The van der Waals surface area contributed by atoms with Gasteiger partial charge in [0.2, 0.25) is 5.91 Å². The molecule has 0 radical (unpaired) electrons. The lowest BCUT2D eigenvalue weighted by atomic mass is 10.1. The fourth-order valence-electron chi connectivity index (χ4n) is 2.76. The summed E-state index contributed by atoms with van der Waals surface area (Å²) in [5.41, 5.74) is 1.16. The zero-order valence-corrected chi connectivity index (χ0v) is 14.2. The van der Waals surface area contributed by atoms with Crippen LogP contribution < -0.4 is 10.2 Å². The number of pyridine rings is 1. The summed E-state index contributed by atoms with van der Waals surface area (Å²) in [4.78, 5) is 21.0. The highest BCUT2D eigenvalue weighted by atomic mass is 16.2. The van der Waals surface area contributed by atoms with E-state index in [1.54, 1.807) is 0 Å². The standard InChI is InChI=1S/C17H28N4O/c1-5-6-15-17(22)18-9-10-21(15)12-14-7-8-16(19-11-14)20(4)13(2)3/h7-8,11,13,15H,5-6,9-10,12H2,1-4H3,(H,18,22). The zero-order chi connectivity index (χ0) is 16.1. The molecule has 1 aromatic heterocycles. The average molecular weight is 304 g/mol. The molecular formula is C17H28N4O. The maximum absolute atomic E-state index is 12.0. The topological polar surface area (TPSA) is 48.5 Å². The Morgan fingerprint density at radius 3 is 2.82 bits per heavy atom. The molecule has 1 amide bonds. The molecule has 1 fully saturated rings. The lowest BCUT2D eigenvalue weighted by Gasteiger charge is -2.35. The van der Waals surface area contributed by atoms with Crippen LogP contribution in [0.1, 0.15) is 39.2 Å². The van der Waals surface area contributed by atoms with E-state index < -0.39 is 0 Å². The molecular weight excluding hydrogens is 276 g/mol. The zero-order valence-electron chi connectivity index (χ0n) is 14.2. The van der Waals surface area contributed by atoms with Gasteiger partial charge >= 0.3 is 0 Å².